The molecule has 1 aromatic rings. The van der Waals surface area contributed by atoms with E-state index < -0.39 is 0 Å². The molecule has 0 saturated heterocycles. The molecule has 1 aromatic heterocycles. The zero-order valence-corrected chi connectivity index (χ0v) is 11.9. The topological polar surface area (TPSA) is 28.4 Å². The van der Waals surface area contributed by atoms with Gasteiger partial charge in [-0.2, -0.15) is 0 Å². The molecule has 102 valence electrons. The summed E-state index contributed by atoms with van der Waals surface area (Å²) in [5.74, 6) is 2.05. The quantitative estimate of drug-likeness (QED) is 0.841. The molecular formula is C15H26N2O. The van der Waals surface area contributed by atoms with Crippen LogP contribution in [0.2, 0.25) is 0 Å². The van der Waals surface area contributed by atoms with E-state index in [0.29, 0.717) is 6.04 Å². The van der Waals surface area contributed by atoms with Gasteiger partial charge in [0.05, 0.1) is 6.54 Å². The Labute approximate surface area is 111 Å². The molecule has 0 aromatic carbocycles. The maximum atomic E-state index is 5.62. The van der Waals surface area contributed by atoms with Crippen molar-refractivity contribution < 1.29 is 4.42 Å². The van der Waals surface area contributed by atoms with E-state index in [0.717, 1.165) is 30.7 Å². The normalized spacial score (nSPS) is 18.7. The first-order chi connectivity index (χ1) is 8.65. The highest BCUT2D eigenvalue weighted by molar-refractivity contribution is 5.05. The maximum Gasteiger partial charge on any atom is 0.118 e. The van der Waals surface area contributed by atoms with Crippen LogP contribution in [0.3, 0.4) is 0 Å². The van der Waals surface area contributed by atoms with Gasteiger partial charge in [-0.1, -0.05) is 12.8 Å². The first-order valence-electron chi connectivity index (χ1n) is 7.14. The number of likely N-dealkylation sites (N-methyl/N-ethyl adjacent to an activating group) is 1. The number of nitrogens with zero attached hydrogens (tertiary/aromatic N) is 1. The van der Waals surface area contributed by atoms with E-state index in [-0.39, 0.29) is 0 Å². The second-order valence-corrected chi connectivity index (χ2v) is 5.67. The van der Waals surface area contributed by atoms with Crippen LogP contribution in [0.4, 0.5) is 0 Å². The molecule has 0 spiro atoms. The Bertz CT molecular complexity index is 355. The summed E-state index contributed by atoms with van der Waals surface area (Å²) in [6.07, 6.45) is 5.50. The van der Waals surface area contributed by atoms with Crippen molar-refractivity contribution in [2.45, 2.75) is 58.2 Å². The number of aryl methyl sites for hydroxylation is 1. The van der Waals surface area contributed by atoms with Crippen molar-refractivity contribution in [1.82, 2.24) is 10.2 Å². The van der Waals surface area contributed by atoms with Crippen LogP contribution in [0, 0.1) is 6.92 Å². The third kappa shape index (κ3) is 3.85. The molecule has 0 bridgehead atoms. The summed E-state index contributed by atoms with van der Waals surface area (Å²) < 4.78 is 5.62. The van der Waals surface area contributed by atoms with Gasteiger partial charge in [-0.05, 0) is 45.9 Å². The number of rotatable bonds is 6. The van der Waals surface area contributed by atoms with Gasteiger partial charge in [0.1, 0.15) is 11.5 Å². The molecule has 18 heavy (non-hydrogen) atoms. The van der Waals surface area contributed by atoms with E-state index >= 15 is 0 Å². The Morgan fingerprint density at radius 3 is 2.72 bits per heavy atom. The molecule has 3 heteroatoms. The van der Waals surface area contributed by atoms with Crippen molar-refractivity contribution in [2.24, 2.45) is 0 Å². The number of furan rings is 1. The minimum absolute atomic E-state index is 0.538. The lowest BCUT2D eigenvalue weighted by molar-refractivity contribution is 0.219. The fourth-order valence-corrected chi connectivity index (χ4v) is 2.59. The van der Waals surface area contributed by atoms with E-state index in [1.807, 2.05) is 13.0 Å². The van der Waals surface area contributed by atoms with Crippen LogP contribution in [0.15, 0.2) is 16.5 Å². The van der Waals surface area contributed by atoms with E-state index in [2.05, 4.69) is 30.3 Å². The Hall–Kier alpha value is -0.800. The highest BCUT2D eigenvalue weighted by Crippen LogP contribution is 2.17. The van der Waals surface area contributed by atoms with Gasteiger partial charge >= 0.3 is 0 Å². The SMILES string of the molecule is Cc1ccc(CN(C)C(C)CNC2CCCC2)o1. The number of hydrogen-bond acceptors (Lipinski definition) is 3. The second-order valence-electron chi connectivity index (χ2n) is 5.67. The molecule has 1 fully saturated rings. The van der Waals surface area contributed by atoms with Crippen LogP contribution in [0.5, 0.6) is 0 Å². The van der Waals surface area contributed by atoms with Gasteiger partial charge in [0.15, 0.2) is 0 Å². The molecule has 1 aliphatic carbocycles. The molecule has 1 unspecified atom stereocenters. The molecule has 0 aliphatic heterocycles. The van der Waals surface area contributed by atoms with Crippen LogP contribution in [-0.2, 0) is 6.54 Å². The Kier molecular flexibility index (Phi) is 4.84. The van der Waals surface area contributed by atoms with Crippen LogP contribution < -0.4 is 5.32 Å². The summed E-state index contributed by atoms with van der Waals surface area (Å²) in [6, 6.07) is 5.40. The lowest BCUT2D eigenvalue weighted by Crippen LogP contribution is -2.40. The first-order valence-corrected chi connectivity index (χ1v) is 7.14. The van der Waals surface area contributed by atoms with Gasteiger partial charge in [-0.3, -0.25) is 4.90 Å². The monoisotopic (exact) mass is 250 g/mol. The van der Waals surface area contributed by atoms with Gasteiger partial charge in [-0.25, -0.2) is 0 Å². The molecular weight excluding hydrogens is 224 g/mol. The Morgan fingerprint density at radius 2 is 2.11 bits per heavy atom. The average Bonchev–Trinajstić information content (AvgIpc) is 2.97. The van der Waals surface area contributed by atoms with Crippen molar-refractivity contribution in [2.75, 3.05) is 13.6 Å². The van der Waals surface area contributed by atoms with Crippen molar-refractivity contribution >= 4 is 0 Å². The van der Waals surface area contributed by atoms with Crippen LogP contribution in [-0.4, -0.2) is 30.6 Å². The summed E-state index contributed by atoms with van der Waals surface area (Å²) in [5, 5.41) is 3.68. The molecule has 1 N–H and O–H groups in total. The third-order valence-electron chi connectivity index (χ3n) is 4.01. The highest BCUT2D eigenvalue weighted by Gasteiger charge is 2.17. The molecule has 0 amide bonds. The fourth-order valence-electron chi connectivity index (χ4n) is 2.59. The summed E-state index contributed by atoms with van der Waals surface area (Å²) in [4.78, 5) is 2.35. The number of nitrogens with one attached hydrogen (secondary N) is 1. The predicted octanol–water partition coefficient (Wildman–Crippen LogP) is 2.94. The van der Waals surface area contributed by atoms with Crippen molar-refractivity contribution in [1.29, 1.82) is 0 Å². The third-order valence-corrected chi connectivity index (χ3v) is 4.01. The second kappa shape index (κ2) is 6.39. The summed E-state index contributed by atoms with van der Waals surface area (Å²) in [7, 11) is 2.17. The van der Waals surface area contributed by atoms with E-state index in [1.165, 1.54) is 25.7 Å². The zero-order valence-electron chi connectivity index (χ0n) is 11.9. The van der Waals surface area contributed by atoms with E-state index in [4.69, 9.17) is 4.42 Å². The minimum Gasteiger partial charge on any atom is -0.465 e. The lowest BCUT2D eigenvalue weighted by atomic mass is 10.2. The van der Waals surface area contributed by atoms with Crippen molar-refractivity contribution in [3.63, 3.8) is 0 Å². The molecule has 2 rings (SSSR count). The van der Waals surface area contributed by atoms with Crippen LogP contribution in [0.25, 0.3) is 0 Å². The van der Waals surface area contributed by atoms with E-state index in [9.17, 15) is 0 Å². The smallest absolute Gasteiger partial charge is 0.118 e. The van der Waals surface area contributed by atoms with Crippen LogP contribution >= 0.6 is 0 Å². The lowest BCUT2D eigenvalue weighted by Gasteiger charge is -2.25. The highest BCUT2D eigenvalue weighted by atomic mass is 16.3. The van der Waals surface area contributed by atoms with Gasteiger partial charge in [0.25, 0.3) is 0 Å². The summed E-state index contributed by atoms with van der Waals surface area (Å²) >= 11 is 0. The van der Waals surface area contributed by atoms with Gasteiger partial charge in [0, 0.05) is 18.6 Å². The molecule has 1 aliphatic rings. The summed E-state index contributed by atoms with van der Waals surface area (Å²) in [6.45, 7) is 6.23. The van der Waals surface area contributed by atoms with Crippen molar-refractivity contribution in [3.8, 4) is 0 Å². The van der Waals surface area contributed by atoms with Gasteiger partial charge in [0.2, 0.25) is 0 Å². The van der Waals surface area contributed by atoms with Gasteiger partial charge < -0.3 is 9.73 Å². The fraction of sp³-hybridized carbons (Fsp3) is 0.733. The zero-order chi connectivity index (χ0) is 13.0. The number of hydrogen-bond donors (Lipinski definition) is 1. The molecule has 3 nitrogen and oxygen atoms in total. The predicted molar refractivity (Wildman–Crippen MR) is 74.6 cm³/mol. The van der Waals surface area contributed by atoms with Crippen molar-refractivity contribution in [3.05, 3.63) is 23.7 Å². The molecule has 0 radical (unpaired) electrons. The minimum atomic E-state index is 0.538. The standard InChI is InChI=1S/C15H26N2O/c1-12(10-16-14-6-4-5-7-14)17(3)11-15-9-8-13(2)18-15/h8-9,12,14,16H,4-7,10-11H2,1-3H3. The summed E-state index contributed by atoms with van der Waals surface area (Å²) in [5.41, 5.74) is 0. The molecule has 1 saturated carbocycles. The first kappa shape index (κ1) is 13.6. The van der Waals surface area contributed by atoms with E-state index in [1.54, 1.807) is 0 Å². The molecule has 1 atom stereocenters. The average molecular weight is 250 g/mol. The Balaban J connectivity index is 1.72. The Morgan fingerprint density at radius 1 is 1.39 bits per heavy atom. The van der Waals surface area contributed by atoms with Gasteiger partial charge in [-0.15, -0.1) is 0 Å². The largest absolute Gasteiger partial charge is 0.465 e. The van der Waals surface area contributed by atoms with Crippen LogP contribution in [0.1, 0.15) is 44.1 Å². The maximum absolute atomic E-state index is 5.62. The molecule has 1 heterocycles.